The minimum Gasteiger partial charge on any atom is -0.476 e. The first-order valence-electron chi connectivity index (χ1n) is 10.4. The second kappa shape index (κ2) is 7.87. The van der Waals surface area contributed by atoms with Crippen molar-refractivity contribution in [3.8, 4) is 11.3 Å². The van der Waals surface area contributed by atoms with Crippen molar-refractivity contribution in [3.05, 3.63) is 100 Å². The van der Waals surface area contributed by atoms with Crippen LogP contribution in [0.2, 0.25) is 0 Å². The third kappa shape index (κ3) is 3.30. The Morgan fingerprint density at radius 2 is 1.45 bits per heavy atom. The van der Waals surface area contributed by atoms with E-state index in [2.05, 4.69) is 5.10 Å². The number of aromatic nitrogens is 3. The highest BCUT2D eigenvalue weighted by Crippen LogP contribution is 2.33. The number of carbonyl (C=O) groups is 2. The highest BCUT2D eigenvalue weighted by Gasteiger charge is 2.24. The van der Waals surface area contributed by atoms with E-state index in [4.69, 9.17) is 0 Å². The largest absolute Gasteiger partial charge is 0.476 e. The molecule has 0 fully saturated rings. The van der Waals surface area contributed by atoms with E-state index >= 15 is 0 Å². The monoisotopic (exact) mass is 437 g/mol. The predicted molar refractivity (Wildman–Crippen MR) is 126 cm³/mol. The molecular formula is C26H19N3O4. The minimum absolute atomic E-state index is 0.207. The molecule has 0 aliphatic heterocycles. The molecule has 0 saturated carbocycles. The number of fused-ring (bicyclic) bond motifs is 2. The number of aryl methyl sites for hydroxylation is 1. The molecule has 5 rings (SSSR count). The van der Waals surface area contributed by atoms with Crippen molar-refractivity contribution in [2.45, 2.75) is 6.54 Å². The topological polar surface area (TPSA) is 94.2 Å². The van der Waals surface area contributed by atoms with Crippen LogP contribution in [0, 0.1) is 0 Å². The lowest BCUT2D eigenvalue weighted by atomic mass is 10.0. The van der Waals surface area contributed by atoms with E-state index < -0.39 is 11.5 Å². The molecule has 0 spiro atoms. The first-order chi connectivity index (χ1) is 16.0. The summed E-state index contributed by atoms with van der Waals surface area (Å²) in [4.78, 5) is 38.5. The Bertz CT molecular complexity index is 1610. The number of hydrogen-bond acceptors (Lipinski definition) is 4. The Labute approximate surface area is 188 Å². The van der Waals surface area contributed by atoms with E-state index in [1.54, 1.807) is 18.2 Å². The van der Waals surface area contributed by atoms with Crippen LogP contribution in [0.4, 0.5) is 0 Å². The Morgan fingerprint density at radius 3 is 2.15 bits per heavy atom. The second-order valence-corrected chi connectivity index (χ2v) is 7.75. The van der Waals surface area contributed by atoms with Gasteiger partial charge in [-0.2, -0.15) is 5.10 Å². The maximum Gasteiger partial charge on any atom is 0.357 e. The van der Waals surface area contributed by atoms with Gasteiger partial charge in [-0.1, -0.05) is 66.7 Å². The Balaban J connectivity index is 1.70. The quantitative estimate of drug-likeness (QED) is 0.417. The summed E-state index contributed by atoms with van der Waals surface area (Å²) in [6.45, 7) is -0.377. The number of carbonyl (C=O) groups excluding carboxylic acids is 1. The van der Waals surface area contributed by atoms with Crippen LogP contribution in [-0.2, 0) is 13.6 Å². The van der Waals surface area contributed by atoms with Gasteiger partial charge in [0.2, 0.25) is 0 Å². The first-order valence-corrected chi connectivity index (χ1v) is 10.4. The minimum atomic E-state index is -1.26. The number of benzene rings is 3. The fraction of sp³-hybridized carbons (Fsp3) is 0.0769. The van der Waals surface area contributed by atoms with Gasteiger partial charge in [0.15, 0.2) is 11.5 Å². The Kier molecular flexibility index (Phi) is 4.86. The standard InChI is InChI=1S/C26H19N3O4/c1-28-20-14-8-7-13-19(20)22(24(28)16-9-3-2-4-10-16)21(30)15-29-25(31)18-12-6-5-11-17(18)23(27-29)26(32)33/h2-14H,15H2,1H3,(H,32,33). The van der Waals surface area contributed by atoms with Gasteiger partial charge in [-0.25, -0.2) is 9.48 Å². The van der Waals surface area contributed by atoms with Crippen molar-refractivity contribution >= 4 is 33.4 Å². The molecule has 33 heavy (non-hydrogen) atoms. The Morgan fingerprint density at radius 1 is 0.848 bits per heavy atom. The predicted octanol–water partition coefficient (Wildman–Crippen LogP) is 4.14. The Hall–Kier alpha value is -4.52. The van der Waals surface area contributed by atoms with Gasteiger partial charge < -0.3 is 9.67 Å². The third-order valence-electron chi connectivity index (χ3n) is 5.80. The molecule has 0 aliphatic carbocycles. The van der Waals surface area contributed by atoms with Gasteiger partial charge in [0, 0.05) is 23.3 Å². The van der Waals surface area contributed by atoms with Crippen molar-refractivity contribution in [2.75, 3.05) is 0 Å². The zero-order chi connectivity index (χ0) is 23.1. The number of Topliss-reactive ketones (excluding diaryl/α,β-unsaturated/α-hetero) is 1. The number of aromatic carboxylic acids is 1. The number of nitrogens with zero attached hydrogens (tertiary/aromatic N) is 3. The third-order valence-corrected chi connectivity index (χ3v) is 5.80. The van der Waals surface area contributed by atoms with Crippen LogP contribution in [-0.4, -0.2) is 31.2 Å². The number of carboxylic acids is 1. The van der Waals surface area contributed by atoms with E-state index in [1.807, 2.05) is 66.2 Å². The molecule has 2 aromatic heterocycles. The van der Waals surface area contributed by atoms with Crippen LogP contribution in [0.15, 0.2) is 83.7 Å². The van der Waals surface area contributed by atoms with Crippen LogP contribution in [0.3, 0.4) is 0 Å². The first kappa shape index (κ1) is 20.4. The van der Waals surface area contributed by atoms with Crippen molar-refractivity contribution in [1.29, 1.82) is 0 Å². The molecule has 162 valence electrons. The molecule has 0 radical (unpaired) electrons. The number of ketones is 1. The summed E-state index contributed by atoms with van der Waals surface area (Å²) < 4.78 is 2.90. The SMILES string of the molecule is Cn1c(-c2ccccc2)c(C(=O)Cn2nc(C(=O)O)c3ccccc3c2=O)c2ccccc21. The van der Waals surface area contributed by atoms with E-state index in [1.165, 1.54) is 6.07 Å². The van der Waals surface area contributed by atoms with Crippen molar-refractivity contribution in [3.63, 3.8) is 0 Å². The average molecular weight is 437 g/mol. The van der Waals surface area contributed by atoms with E-state index in [0.29, 0.717) is 5.56 Å². The van der Waals surface area contributed by atoms with Gasteiger partial charge in [-0.05, 0) is 17.7 Å². The second-order valence-electron chi connectivity index (χ2n) is 7.75. The highest BCUT2D eigenvalue weighted by molar-refractivity contribution is 6.13. The molecular weight excluding hydrogens is 418 g/mol. The maximum atomic E-state index is 13.6. The molecule has 0 saturated heterocycles. The van der Waals surface area contributed by atoms with Crippen LogP contribution >= 0.6 is 0 Å². The van der Waals surface area contributed by atoms with Crippen molar-refractivity contribution < 1.29 is 14.7 Å². The van der Waals surface area contributed by atoms with Crippen molar-refractivity contribution in [1.82, 2.24) is 14.3 Å². The number of rotatable bonds is 5. The molecule has 2 heterocycles. The van der Waals surface area contributed by atoms with Crippen LogP contribution in [0.1, 0.15) is 20.8 Å². The molecule has 0 amide bonds. The molecule has 1 N–H and O–H groups in total. The van der Waals surface area contributed by atoms with Crippen LogP contribution < -0.4 is 5.56 Å². The summed E-state index contributed by atoms with van der Waals surface area (Å²) >= 11 is 0. The van der Waals surface area contributed by atoms with E-state index in [9.17, 15) is 19.5 Å². The molecule has 0 aliphatic rings. The number of para-hydroxylation sites is 1. The van der Waals surface area contributed by atoms with E-state index in [0.717, 1.165) is 26.8 Å². The van der Waals surface area contributed by atoms with Gasteiger partial charge in [0.1, 0.15) is 6.54 Å². The summed E-state index contributed by atoms with van der Waals surface area (Å²) in [5.41, 5.74) is 2.17. The molecule has 0 bridgehead atoms. The average Bonchev–Trinajstić information content (AvgIpc) is 3.14. The molecule has 7 heteroatoms. The normalized spacial score (nSPS) is 11.2. The highest BCUT2D eigenvalue weighted by atomic mass is 16.4. The van der Waals surface area contributed by atoms with Gasteiger partial charge >= 0.3 is 5.97 Å². The summed E-state index contributed by atoms with van der Waals surface area (Å²) in [5.74, 6) is -1.59. The van der Waals surface area contributed by atoms with Gasteiger partial charge in [-0.15, -0.1) is 0 Å². The number of carboxylic acid groups (broad SMARTS) is 1. The van der Waals surface area contributed by atoms with Crippen molar-refractivity contribution in [2.24, 2.45) is 7.05 Å². The lowest BCUT2D eigenvalue weighted by molar-refractivity contribution is 0.0688. The van der Waals surface area contributed by atoms with E-state index in [-0.39, 0.29) is 28.8 Å². The van der Waals surface area contributed by atoms with Crippen LogP contribution in [0.25, 0.3) is 32.9 Å². The molecule has 7 nitrogen and oxygen atoms in total. The number of hydrogen-bond donors (Lipinski definition) is 1. The maximum absolute atomic E-state index is 13.6. The molecule has 0 unspecified atom stereocenters. The van der Waals surface area contributed by atoms with Crippen LogP contribution in [0.5, 0.6) is 0 Å². The summed E-state index contributed by atoms with van der Waals surface area (Å²) in [6.07, 6.45) is 0. The lowest BCUT2D eigenvalue weighted by Crippen LogP contribution is -2.29. The fourth-order valence-corrected chi connectivity index (χ4v) is 4.32. The molecule has 3 aromatic carbocycles. The summed E-state index contributed by atoms with van der Waals surface area (Å²) in [5, 5.41) is 14.9. The zero-order valence-corrected chi connectivity index (χ0v) is 17.7. The smallest absolute Gasteiger partial charge is 0.357 e. The lowest BCUT2D eigenvalue weighted by Gasteiger charge is -2.10. The summed E-state index contributed by atoms with van der Waals surface area (Å²) in [6, 6.07) is 23.5. The van der Waals surface area contributed by atoms with Gasteiger partial charge in [-0.3, -0.25) is 9.59 Å². The van der Waals surface area contributed by atoms with Gasteiger partial charge in [0.25, 0.3) is 5.56 Å². The molecule has 5 aromatic rings. The van der Waals surface area contributed by atoms with Gasteiger partial charge in [0.05, 0.1) is 16.6 Å². The zero-order valence-electron chi connectivity index (χ0n) is 17.7. The fourth-order valence-electron chi connectivity index (χ4n) is 4.32. The summed E-state index contributed by atoms with van der Waals surface area (Å²) in [7, 11) is 1.89. The molecule has 0 atom stereocenters.